The van der Waals surface area contributed by atoms with Crippen LogP contribution >= 0.6 is 0 Å². The summed E-state index contributed by atoms with van der Waals surface area (Å²) in [6.07, 6.45) is 0.744. The molecule has 7 heteroatoms. The molecule has 7 nitrogen and oxygen atoms in total. The van der Waals surface area contributed by atoms with E-state index in [0.717, 1.165) is 23.4 Å². The third kappa shape index (κ3) is 6.21. The maximum Gasteiger partial charge on any atom is 0.254 e. The van der Waals surface area contributed by atoms with Gasteiger partial charge in [0.05, 0.1) is 18.8 Å². The summed E-state index contributed by atoms with van der Waals surface area (Å²) in [5, 5.41) is 7.24. The minimum absolute atomic E-state index is 0.0213. The van der Waals surface area contributed by atoms with Crippen LogP contribution in [-0.2, 0) is 16.1 Å². The van der Waals surface area contributed by atoms with E-state index in [1.165, 1.54) is 4.90 Å². The lowest BCUT2D eigenvalue weighted by Gasteiger charge is -2.17. The molecule has 0 atom stereocenters. The Morgan fingerprint density at radius 3 is 2.70 bits per heavy atom. The first-order valence-corrected chi connectivity index (χ1v) is 9.02. The van der Waals surface area contributed by atoms with Crippen molar-refractivity contribution in [2.45, 2.75) is 26.8 Å². The molecule has 1 N–H and O–H groups in total. The van der Waals surface area contributed by atoms with E-state index in [9.17, 15) is 9.59 Å². The van der Waals surface area contributed by atoms with E-state index in [-0.39, 0.29) is 18.4 Å². The van der Waals surface area contributed by atoms with Crippen molar-refractivity contribution in [1.82, 2.24) is 20.0 Å². The van der Waals surface area contributed by atoms with Gasteiger partial charge >= 0.3 is 0 Å². The number of rotatable bonds is 9. The van der Waals surface area contributed by atoms with Gasteiger partial charge in [-0.05, 0) is 44.0 Å². The van der Waals surface area contributed by atoms with Crippen molar-refractivity contribution in [3.05, 3.63) is 52.8 Å². The Kier molecular flexibility index (Phi) is 7.55. The summed E-state index contributed by atoms with van der Waals surface area (Å²) in [6, 6.07) is 9.46. The summed E-state index contributed by atoms with van der Waals surface area (Å²) in [5.41, 5.74) is 3.59. The van der Waals surface area contributed by atoms with Crippen molar-refractivity contribution >= 4 is 11.8 Å². The molecule has 0 saturated heterocycles. The van der Waals surface area contributed by atoms with E-state index in [0.29, 0.717) is 25.3 Å². The molecule has 2 rings (SSSR count). The zero-order chi connectivity index (χ0) is 19.8. The number of nitrogens with zero attached hydrogens (tertiary/aromatic N) is 3. The van der Waals surface area contributed by atoms with E-state index >= 15 is 0 Å². The lowest BCUT2D eigenvalue weighted by atomic mass is 10.1. The monoisotopic (exact) mass is 372 g/mol. The van der Waals surface area contributed by atoms with Gasteiger partial charge in [-0.25, -0.2) is 0 Å². The van der Waals surface area contributed by atoms with Crippen molar-refractivity contribution in [2.24, 2.45) is 0 Å². The number of likely N-dealkylation sites (N-methyl/N-ethyl adjacent to an activating group) is 1. The minimum Gasteiger partial charge on any atom is -0.385 e. The third-order valence-corrected chi connectivity index (χ3v) is 4.18. The van der Waals surface area contributed by atoms with Crippen LogP contribution in [0.3, 0.4) is 0 Å². The number of aryl methyl sites for hydroxylation is 2. The second-order valence-electron chi connectivity index (χ2n) is 6.64. The van der Waals surface area contributed by atoms with Crippen LogP contribution in [-0.4, -0.2) is 60.3 Å². The molecule has 0 bridgehead atoms. The van der Waals surface area contributed by atoms with Crippen LogP contribution < -0.4 is 5.32 Å². The molecule has 0 spiro atoms. The van der Waals surface area contributed by atoms with E-state index < -0.39 is 0 Å². The predicted molar refractivity (Wildman–Crippen MR) is 104 cm³/mol. The first kappa shape index (κ1) is 20.6. The van der Waals surface area contributed by atoms with Gasteiger partial charge in [0.2, 0.25) is 5.91 Å². The standard InChI is InChI=1S/C20H28N4O3/c1-15-11-16(2)24(22-15)13-17-7-5-8-18(12-17)20(26)23(3)14-19(25)21-9-6-10-27-4/h5,7-8,11-12H,6,9-10,13-14H2,1-4H3,(H,21,25). The van der Waals surface area contributed by atoms with Crippen LogP contribution in [0.25, 0.3) is 0 Å². The maximum atomic E-state index is 12.6. The number of nitrogens with one attached hydrogen (secondary N) is 1. The summed E-state index contributed by atoms with van der Waals surface area (Å²) in [7, 11) is 3.25. The minimum atomic E-state index is -0.183. The highest BCUT2D eigenvalue weighted by molar-refractivity contribution is 5.96. The molecule has 0 saturated carbocycles. The summed E-state index contributed by atoms with van der Waals surface area (Å²) in [6.45, 7) is 5.72. The van der Waals surface area contributed by atoms with Crippen LogP contribution in [0, 0.1) is 13.8 Å². The van der Waals surface area contributed by atoms with Crippen LogP contribution in [0.5, 0.6) is 0 Å². The molecule has 0 unspecified atom stereocenters. The molecule has 146 valence electrons. The molecule has 2 aromatic rings. The average molecular weight is 372 g/mol. The lowest BCUT2D eigenvalue weighted by Crippen LogP contribution is -2.38. The van der Waals surface area contributed by atoms with Gasteiger partial charge in [0.25, 0.3) is 5.91 Å². The number of hydrogen-bond acceptors (Lipinski definition) is 4. The quantitative estimate of drug-likeness (QED) is 0.681. The molecule has 1 heterocycles. The second kappa shape index (κ2) is 9.87. The zero-order valence-electron chi connectivity index (χ0n) is 16.5. The lowest BCUT2D eigenvalue weighted by molar-refractivity contribution is -0.121. The third-order valence-electron chi connectivity index (χ3n) is 4.18. The van der Waals surface area contributed by atoms with E-state index in [4.69, 9.17) is 4.74 Å². The highest BCUT2D eigenvalue weighted by Gasteiger charge is 2.15. The van der Waals surface area contributed by atoms with Crippen LogP contribution in [0.4, 0.5) is 0 Å². The molecule has 0 fully saturated rings. The Hall–Kier alpha value is -2.67. The molecular formula is C20H28N4O3. The second-order valence-corrected chi connectivity index (χ2v) is 6.64. The van der Waals surface area contributed by atoms with Crippen molar-refractivity contribution in [2.75, 3.05) is 33.9 Å². The summed E-state index contributed by atoms with van der Waals surface area (Å²) in [4.78, 5) is 26.0. The van der Waals surface area contributed by atoms with E-state index in [1.807, 2.05) is 42.8 Å². The van der Waals surface area contributed by atoms with Gasteiger partial charge in [0.15, 0.2) is 0 Å². The maximum absolute atomic E-state index is 12.6. The van der Waals surface area contributed by atoms with Crippen LogP contribution in [0.1, 0.15) is 33.7 Å². The van der Waals surface area contributed by atoms with Crippen molar-refractivity contribution in [3.63, 3.8) is 0 Å². The number of ether oxygens (including phenoxy) is 1. The largest absolute Gasteiger partial charge is 0.385 e. The first-order valence-electron chi connectivity index (χ1n) is 9.02. The molecule has 1 aromatic heterocycles. The Balaban J connectivity index is 1.95. The normalized spacial score (nSPS) is 10.7. The Morgan fingerprint density at radius 1 is 1.26 bits per heavy atom. The van der Waals surface area contributed by atoms with Gasteiger partial charge in [0, 0.05) is 38.6 Å². The molecule has 0 aliphatic heterocycles. The number of methoxy groups -OCH3 is 1. The number of aromatic nitrogens is 2. The van der Waals surface area contributed by atoms with Crippen LogP contribution in [0.15, 0.2) is 30.3 Å². The molecular weight excluding hydrogens is 344 g/mol. The molecule has 0 aliphatic rings. The Bertz CT molecular complexity index is 785. The molecule has 0 radical (unpaired) electrons. The molecule has 2 amide bonds. The molecule has 27 heavy (non-hydrogen) atoms. The number of hydrogen-bond donors (Lipinski definition) is 1. The smallest absolute Gasteiger partial charge is 0.254 e. The molecule has 1 aromatic carbocycles. The molecule has 0 aliphatic carbocycles. The van der Waals surface area contributed by atoms with Crippen molar-refractivity contribution in [1.29, 1.82) is 0 Å². The van der Waals surface area contributed by atoms with Gasteiger partial charge in [-0.3, -0.25) is 14.3 Å². The SMILES string of the molecule is COCCCNC(=O)CN(C)C(=O)c1cccc(Cn2nc(C)cc2C)c1. The first-order chi connectivity index (χ1) is 12.9. The fourth-order valence-electron chi connectivity index (χ4n) is 2.82. The predicted octanol–water partition coefficient (Wildman–Crippen LogP) is 1.77. The summed E-state index contributed by atoms with van der Waals surface area (Å²) < 4.78 is 6.85. The van der Waals surface area contributed by atoms with Gasteiger partial charge in [0.1, 0.15) is 0 Å². The van der Waals surface area contributed by atoms with Gasteiger partial charge < -0.3 is 15.0 Å². The summed E-state index contributed by atoms with van der Waals surface area (Å²) in [5.74, 6) is -0.363. The fraction of sp³-hybridized carbons (Fsp3) is 0.450. The van der Waals surface area contributed by atoms with Crippen LogP contribution in [0.2, 0.25) is 0 Å². The van der Waals surface area contributed by atoms with E-state index in [1.54, 1.807) is 20.2 Å². The Morgan fingerprint density at radius 2 is 2.04 bits per heavy atom. The average Bonchev–Trinajstić information content (AvgIpc) is 2.95. The van der Waals surface area contributed by atoms with Gasteiger partial charge in [-0.2, -0.15) is 5.10 Å². The number of benzene rings is 1. The number of carbonyl (C=O) groups excluding carboxylic acids is 2. The summed E-state index contributed by atoms with van der Waals surface area (Å²) >= 11 is 0. The number of carbonyl (C=O) groups is 2. The van der Waals surface area contributed by atoms with Gasteiger partial charge in [-0.1, -0.05) is 12.1 Å². The van der Waals surface area contributed by atoms with Crippen molar-refractivity contribution in [3.8, 4) is 0 Å². The van der Waals surface area contributed by atoms with Crippen molar-refractivity contribution < 1.29 is 14.3 Å². The topological polar surface area (TPSA) is 76.5 Å². The highest BCUT2D eigenvalue weighted by Crippen LogP contribution is 2.11. The zero-order valence-corrected chi connectivity index (χ0v) is 16.5. The van der Waals surface area contributed by atoms with Gasteiger partial charge in [-0.15, -0.1) is 0 Å². The highest BCUT2D eigenvalue weighted by atomic mass is 16.5. The van der Waals surface area contributed by atoms with E-state index in [2.05, 4.69) is 10.4 Å². The number of amides is 2. The Labute approximate surface area is 160 Å². The fourth-order valence-corrected chi connectivity index (χ4v) is 2.82.